The van der Waals surface area contributed by atoms with E-state index in [9.17, 15) is 9.65 Å². The molecule has 0 amide bonds. The number of hydrogen-bond donors (Lipinski definition) is 0. The summed E-state index contributed by atoms with van der Waals surface area (Å²) >= 11 is 0. The summed E-state index contributed by atoms with van der Waals surface area (Å²) in [6, 6.07) is 26.3. The van der Waals surface area contributed by atoms with Crippen molar-refractivity contribution in [1.82, 2.24) is 4.57 Å². The van der Waals surface area contributed by atoms with Gasteiger partial charge in [0.25, 0.3) is 0 Å². The highest BCUT2D eigenvalue weighted by atomic mass is 19.1. The van der Waals surface area contributed by atoms with Crippen molar-refractivity contribution in [2.24, 2.45) is 5.16 Å². The molecule has 5 heteroatoms. The van der Waals surface area contributed by atoms with Gasteiger partial charge in [-0.3, -0.25) is 0 Å². The Bertz CT molecular complexity index is 1360. The van der Waals surface area contributed by atoms with Gasteiger partial charge in [-0.15, -0.1) is 0 Å². The number of benzene rings is 3. The molecule has 1 heterocycles. The van der Waals surface area contributed by atoms with Gasteiger partial charge in [0.1, 0.15) is 12.4 Å². The van der Waals surface area contributed by atoms with Crippen LogP contribution < -0.4 is 0 Å². The standard InChI is InChI=1S/C28H24FN3O/c1-19-7-6-10-26(15-19)32-21(3)27(16-28(32)22-11-13-25(29)14-12-22)20(2)31-33-18-24-9-5-4-8-23(24)17-30/h4-16H,18H2,1-3H3/b31-20-. The first-order chi connectivity index (χ1) is 16.0. The third kappa shape index (κ3) is 4.70. The molecular formula is C28H24FN3O. The van der Waals surface area contributed by atoms with Gasteiger partial charge in [-0.05, 0) is 80.4 Å². The Kier molecular flexibility index (Phi) is 6.37. The molecule has 0 spiro atoms. The van der Waals surface area contributed by atoms with Gasteiger partial charge in [0.2, 0.25) is 0 Å². The van der Waals surface area contributed by atoms with E-state index in [1.807, 2.05) is 38.1 Å². The molecular weight excluding hydrogens is 413 g/mol. The van der Waals surface area contributed by atoms with Crippen LogP contribution in [0.25, 0.3) is 16.9 Å². The molecule has 4 rings (SSSR count). The van der Waals surface area contributed by atoms with Crippen LogP contribution >= 0.6 is 0 Å². The molecule has 4 aromatic rings. The normalized spacial score (nSPS) is 11.3. The van der Waals surface area contributed by atoms with Crippen LogP contribution in [0.15, 0.2) is 84.0 Å². The summed E-state index contributed by atoms with van der Waals surface area (Å²) < 4.78 is 15.7. The van der Waals surface area contributed by atoms with Crippen molar-refractivity contribution in [2.75, 3.05) is 0 Å². The average molecular weight is 438 g/mol. The second kappa shape index (κ2) is 9.54. The molecule has 0 saturated heterocycles. The van der Waals surface area contributed by atoms with Crippen LogP contribution in [0.5, 0.6) is 0 Å². The van der Waals surface area contributed by atoms with Gasteiger partial charge in [-0.25, -0.2) is 4.39 Å². The van der Waals surface area contributed by atoms with Crippen LogP contribution in [0.1, 0.15) is 34.9 Å². The predicted molar refractivity (Wildman–Crippen MR) is 129 cm³/mol. The fraction of sp³-hybridized carbons (Fsp3) is 0.143. The average Bonchev–Trinajstić information content (AvgIpc) is 3.17. The van der Waals surface area contributed by atoms with Crippen molar-refractivity contribution >= 4 is 5.71 Å². The number of rotatable bonds is 6. The van der Waals surface area contributed by atoms with E-state index in [1.165, 1.54) is 12.1 Å². The molecule has 33 heavy (non-hydrogen) atoms. The number of hydrogen-bond acceptors (Lipinski definition) is 3. The topological polar surface area (TPSA) is 50.3 Å². The minimum atomic E-state index is -0.270. The summed E-state index contributed by atoms with van der Waals surface area (Å²) in [5, 5.41) is 13.6. The van der Waals surface area contributed by atoms with Gasteiger partial charge < -0.3 is 9.40 Å². The summed E-state index contributed by atoms with van der Waals surface area (Å²) in [5.74, 6) is -0.270. The quantitative estimate of drug-likeness (QED) is 0.249. The van der Waals surface area contributed by atoms with Gasteiger partial charge in [0.05, 0.1) is 23.0 Å². The maximum atomic E-state index is 13.6. The number of nitriles is 1. The summed E-state index contributed by atoms with van der Waals surface area (Å²) in [7, 11) is 0. The maximum Gasteiger partial charge on any atom is 0.143 e. The van der Waals surface area contributed by atoms with Gasteiger partial charge in [0.15, 0.2) is 0 Å². The van der Waals surface area contributed by atoms with Crippen LogP contribution in [0.4, 0.5) is 4.39 Å². The summed E-state index contributed by atoms with van der Waals surface area (Å²) in [4.78, 5) is 5.61. The van der Waals surface area contributed by atoms with Gasteiger partial charge in [-0.1, -0.05) is 35.5 Å². The van der Waals surface area contributed by atoms with Crippen molar-refractivity contribution in [1.29, 1.82) is 5.26 Å². The molecule has 0 unspecified atom stereocenters. The largest absolute Gasteiger partial charge is 0.391 e. The summed E-state index contributed by atoms with van der Waals surface area (Å²) in [6.07, 6.45) is 0. The molecule has 0 N–H and O–H groups in total. The third-order valence-electron chi connectivity index (χ3n) is 5.60. The Morgan fingerprint density at radius 2 is 1.76 bits per heavy atom. The van der Waals surface area contributed by atoms with Crippen molar-refractivity contribution in [2.45, 2.75) is 27.4 Å². The first kappa shape index (κ1) is 22.0. The van der Waals surface area contributed by atoms with E-state index in [0.29, 0.717) is 5.56 Å². The van der Waals surface area contributed by atoms with Crippen LogP contribution in [-0.2, 0) is 11.4 Å². The molecule has 0 fully saturated rings. The SMILES string of the molecule is C/C(=N/OCc1ccccc1C#N)c1cc(-c2ccc(F)cc2)n(-c2cccc(C)c2)c1C. The lowest BCUT2D eigenvalue weighted by Crippen LogP contribution is -2.03. The zero-order valence-corrected chi connectivity index (χ0v) is 18.8. The minimum absolute atomic E-state index is 0.212. The third-order valence-corrected chi connectivity index (χ3v) is 5.60. The maximum absolute atomic E-state index is 13.6. The lowest BCUT2D eigenvalue weighted by atomic mass is 10.1. The van der Waals surface area contributed by atoms with Crippen LogP contribution in [-0.4, -0.2) is 10.3 Å². The number of nitrogens with zero attached hydrogens (tertiary/aromatic N) is 3. The highest BCUT2D eigenvalue weighted by molar-refractivity contribution is 6.01. The zero-order valence-electron chi connectivity index (χ0n) is 18.8. The molecule has 0 atom stereocenters. The Balaban J connectivity index is 1.72. The molecule has 3 aromatic carbocycles. The van der Waals surface area contributed by atoms with Crippen molar-refractivity contribution in [3.63, 3.8) is 0 Å². The van der Waals surface area contributed by atoms with E-state index in [2.05, 4.69) is 47.0 Å². The Labute approximate surface area is 193 Å². The lowest BCUT2D eigenvalue weighted by Gasteiger charge is -2.13. The van der Waals surface area contributed by atoms with E-state index in [-0.39, 0.29) is 12.4 Å². The highest BCUT2D eigenvalue weighted by Crippen LogP contribution is 2.30. The molecule has 0 saturated carbocycles. The number of halogens is 1. The Hall–Kier alpha value is -4.17. The number of aromatic nitrogens is 1. The van der Waals surface area contributed by atoms with Crippen molar-refractivity contribution < 1.29 is 9.23 Å². The molecule has 4 nitrogen and oxygen atoms in total. The van der Waals surface area contributed by atoms with Crippen molar-refractivity contribution in [3.8, 4) is 23.0 Å². The lowest BCUT2D eigenvalue weighted by molar-refractivity contribution is 0.130. The van der Waals surface area contributed by atoms with E-state index in [1.54, 1.807) is 18.2 Å². The highest BCUT2D eigenvalue weighted by Gasteiger charge is 2.17. The minimum Gasteiger partial charge on any atom is -0.391 e. The first-order valence-electron chi connectivity index (χ1n) is 10.7. The van der Waals surface area contributed by atoms with Crippen LogP contribution in [0.2, 0.25) is 0 Å². The van der Waals surface area contributed by atoms with Gasteiger partial charge in [-0.2, -0.15) is 5.26 Å². The fourth-order valence-electron chi connectivity index (χ4n) is 3.91. The number of oxime groups is 1. The summed E-state index contributed by atoms with van der Waals surface area (Å²) in [6.45, 7) is 6.20. The molecule has 164 valence electrons. The predicted octanol–water partition coefficient (Wildman–Crippen LogP) is 6.71. The molecule has 1 aromatic heterocycles. The van der Waals surface area contributed by atoms with Crippen LogP contribution in [0.3, 0.4) is 0 Å². The first-order valence-corrected chi connectivity index (χ1v) is 10.7. The van der Waals surface area contributed by atoms with Crippen LogP contribution in [0, 0.1) is 31.0 Å². The molecule has 0 radical (unpaired) electrons. The van der Waals surface area contributed by atoms with Gasteiger partial charge in [0, 0.05) is 22.5 Å². The Morgan fingerprint density at radius 1 is 1.00 bits per heavy atom. The van der Waals surface area contributed by atoms with Crippen molar-refractivity contribution in [3.05, 3.63) is 113 Å². The monoisotopic (exact) mass is 437 g/mol. The van der Waals surface area contributed by atoms with Gasteiger partial charge >= 0.3 is 0 Å². The molecule has 0 bridgehead atoms. The smallest absolute Gasteiger partial charge is 0.143 e. The second-order valence-corrected chi connectivity index (χ2v) is 7.93. The fourth-order valence-corrected chi connectivity index (χ4v) is 3.91. The van der Waals surface area contributed by atoms with E-state index in [4.69, 9.17) is 4.84 Å². The van der Waals surface area contributed by atoms with E-state index < -0.39 is 0 Å². The summed E-state index contributed by atoms with van der Waals surface area (Å²) in [5.41, 5.74) is 8.04. The molecule has 0 aliphatic heterocycles. The second-order valence-electron chi connectivity index (χ2n) is 7.93. The molecule has 0 aliphatic carbocycles. The molecule has 0 aliphatic rings. The number of aryl methyl sites for hydroxylation is 1. The van der Waals surface area contributed by atoms with E-state index in [0.717, 1.165) is 45.0 Å². The zero-order chi connectivity index (χ0) is 23.4. The Morgan fingerprint density at radius 3 is 2.48 bits per heavy atom. The van der Waals surface area contributed by atoms with E-state index >= 15 is 0 Å².